The van der Waals surface area contributed by atoms with Gasteiger partial charge in [0.15, 0.2) is 0 Å². The Labute approximate surface area is 137 Å². The highest BCUT2D eigenvalue weighted by molar-refractivity contribution is 5.86. The van der Waals surface area contributed by atoms with Gasteiger partial charge in [-0.25, -0.2) is 0 Å². The molecule has 0 fully saturated rings. The molecule has 0 heterocycles. The zero-order valence-corrected chi connectivity index (χ0v) is 13.4. The minimum absolute atomic E-state index is 0.0983. The number of amides is 1. The largest absolute Gasteiger partial charge is 0.352 e. The van der Waals surface area contributed by atoms with Crippen molar-refractivity contribution in [1.29, 1.82) is 0 Å². The van der Waals surface area contributed by atoms with Gasteiger partial charge in [0, 0.05) is 13.0 Å². The van der Waals surface area contributed by atoms with Gasteiger partial charge in [-0.1, -0.05) is 66.7 Å². The van der Waals surface area contributed by atoms with E-state index >= 15 is 0 Å². The summed E-state index contributed by atoms with van der Waals surface area (Å²) in [5.74, 6) is 0.0983. The van der Waals surface area contributed by atoms with Gasteiger partial charge in [0.05, 0.1) is 0 Å². The summed E-state index contributed by atoms with van der Waals surface area (Å²) in [7, 11) is 0. The fourth-order valence-corrected chi connectivity index (χ4v) is 2.85. The van der Waals surface area contributed by atoms with Crippen molar-refractivity contribution in [2.75, 3.05) is 0 Å². The molecule has 3 rings (SSSR count). The summed E-state index contributed by atoms with van der Waals surface area (Å²) in [6, 6.07) is 22.7. The highest BCUT2D eigenvalue weighted by atomic mass is 16.1. The molecule has 0 radical (unpaired) electrons. The molecule has 0 spiro atoms. The van der Waals surface area contributed by atoms with E-state index in [1.165, 1.54) is 27.5 Å². The van der Waals surface area contributed by atoms with Crippen LogP contribution in [0.5, 0.6) is 0 Å². The monoisotopic (exact) mass is 303 g/mol. The molecular formula is C21H21NO. The summed E-state index contributed by atoms with van der Waals surface area (Å²) < 4.78 is 0. The van der Waals surface area contributed by atoms with E-state index in [4.69, 9.17) is 0 Å². The van der Waals surface area contributed by atoms with E-state index in [-0.39, 0.29) is 5.91 Å². The van der Waals surface area contributed by atoms with Crippen molar-refractivity contribution >= 4 is 16.7 Å². The number of carbonyl (C=O) groups excluding carboxylic acids is 1. The van der Waals surface area contributed by atoms with Gasteiger partial charge < -0.3 is 5.32 Å². The third kappa shape index (κ3) is 3.78. The summed E-state index contributed by atoms with van der Waals surface area (Å²) in [5, 5.41) is 5.48. The summed E-state index contributed by atoms with van der Waals surface area (Å²) >= 11 is 0. The molecule has 23 heavy (non-hydrogen) atoms. The Morgan fingerprint density at radius 3 is 2.43 bits per heavy atom. The van der Waals surface area contributed by atoms with Gasteiger partial charge in [0.25, 0.3) is 0 Å². The molecule has 0 aromatic heterocycles. The van der Waals surface area contributed by atoms with Crippen LogP contribution in [0.25, 0.3) is 10.8 Å². The van der Waals surface area contributed by atoms with Crippen LogP contribution >= 0.6 is 0 Å². The number of rotatable bonds is 5. The number of hydrogen-bond donors (Lipinski definition) is 1. The molecule has 2 nitrogen and oxygen atoms in total. The highest BCUT2D eigenvalue weighted by Gasteiger charge is 2.06. The zero-order chi connectivity index (χ0) is 16.1. The summed E-state index contributed by atoms with van der Waals surface area (Å²) in [6.07, 6.45) is 1.28. The highest BCUT2D eigenvalue weighted by Crippen LogP contribution is 2.19. The third-order valence-corrected chi connectivity index (χ3v) is 4.24. The van der Waals surface area contributed by atoms with Crippen molar-refractivity contribution in [1.82, 2.24) is 5.32 Å². The summed E-state index contributed by atoms with van der Waals surface area (Å²) in [4.78, 5) is 12.1. The molecule has 0 bridgehead atoms. The lowest BCUT2D eigenvalue weighted by molar-refractivity contribution is -0.121. The van der Waals surface area contributed by atoms with Crippen molar-refractivity contribution in [3.05, 3.63) is 83.4 Å². The molecule has 116 valence electrons. The van der Waals surface area contributed by atoms with Crippen molar-refractivity contribution in [3.8, 4) is 0 Å². The van der Waals surface area contributed by atoms with Crippen molar-refractivity contribution in [2.24, 2.45) is 0 Å². The van der Waals surface area contributed by atoms with Crippen LogP contribution in [0.4, 0.5) is 0 Å². The van der Waals surface area contributed by atoms with Crippen molar-refractivity contribution < 1.29 is 4.79 Å². The normalized spacial score (nSPS) is 10.7. The summed E-state index contributed by atoms with van der Waals surface area (Å²) in [5.41, 5.74) is 3.61. The van der Waals surface area contributed by atoms with E-state index in [1.807, 2.05) is 24.3 Å². The molecule has 3 aromatic rings. The number of carbonyl (C=O) groups is 1. The zero-order valence-electron chi connectivity index (χ0n) is 13.4. The quantitative estimate of drug-likeness (QED) is 0.744. The smallest absolute Gasteiger partial charge is 0.220 e. The Morgan fingerprint density at radius 2 is 1.57 bits per heavy atom. The maximum atomic E-state index is 12.1. The van der Waals surface area contributed by atoms with Crippen LogP contribution < -0.4 is 5.32 Å². The van der Waals surface area contributed by atoms with Crippen LogP contribution in [0.1, 0.15) is 23.1 Å². The minimum Gasteiger partial charge on any atom is -0.352 e. The minimum atomic E-state index is 0.0983. The Hall–Kier alpha value is -2.61. The third-order valence-electron chi connectivity index (χ3n) is 4.24. The molecule has 0 aliphatic heterocycles. The van der Waals surface area contributed by atoms with Gasteiger partial charge in [-0.3, -0.25) is 4.79 Å². The lowest BCUT2D eigenvalue weighted by Crippen LogP contribution is -2.23. The first kappa shape index (κ1) is 15.3. The number of hydrogen-bond acceptors (Lipinski definition) is 1. The van der Waals surface area contributed by atoms with E-state index in [9.17, 15) is 4.79 Å². The SMILES string of the molecule is Cc1ccccc1CNC(=O)CCc1cccc2ccccc12. The van der Waals surface area contributed by atoms with E-state index in [2.05, 4.69) is 54.7 Å². The van der Waals surface area contributed by atoms with Crippen LogP contribution in [-0.4, -0.2) is 5.91 Å². The molecule has 0 atom stereocenters. The second-order valence-corrected chi connectivity index (χ2v) is 5.84. The van der Waals surface area contributed by atoms with Crippen molar-refractivity contribution in [3.63, 3.8) is 0 Å². The Balaban J connectivity index is 1.59. The van der Waals surface area contributed by atoms with E-state index in [1.54, 1.807) is 0 Å². The molecule has 0 aliphatic carbocycles. The topological polar surface area (TPSA) is 29.1 Å². The average Bonchev–Trinajstić information content (AvgIpc) is 2.59. The van der Waals surface area contributed by atoms with E-state index in [0.29, 0.717) is 13.0 Å². The van der Waals surface area contributed by atoms with Crippen molar-refractivity contribution in [2.45, 2.75) is 26.3 Å². The average molecular weight is 303 g/mol. The Kier molecular flexibility index (Phi) is 4.72. The van der Waals surface area contributed by atoms with E-state index < -0.39 is 0 Å². The van der Waals surface area contributed by atoms with Gasteiger partial charge in [0.1, 0.15) is 0 Å². The van der Waals surface area contributed by atoms with Gasteiger partial charge >= 0.3 is 0 Å². The number of aryl methyl sites for hydroxylation is 2. The van der Waals surface area contributed by atoms with E-state index in [0.717, 1.165) is 6.42 Å². The molecule has 3 aromatic carbocycles. The summed E-state index contributed by atoms with van der Waals surface area (Å²) in [6.45, 7) is 2.67. The van der Waals surface area contributed by atoms with Crippen LogP contribution in [0.2, 0.25) is 0 Å². The van der Waals surface area contributed by atoms with Gasteiger partial charge in [-0.15, -0.1) is 0 Å². The number of nitrogens with one attached hydrogen (secondary N) is 1. The lowest BCUT2D eigenvalue weighted by Gasteiger charge is -2.09. The maximum absolute atomic E-state index is 12.1. The first-order valence-corrected chi connectivity index (χ1v) is 8.02. The maximum Gasteiger partial charge on any atom is 0.220 e. The molecule has 1 N–H and O–H groups in total. The van der Waals surface area contributed by atoms with Crippen LogP contribution in [0.15, 0.2) is 66.7 Å². The number of fused-ring (bicyclic) bond motifs is 1. The fraction of sp³-hybridized carbons (Fsp3) is 0.190. The predicted octanol–water partition coefficient (Wildman–Crippen LogP) is 4.40. The lowest BCUT2D eigenvalue weighted by atomic mass is 10.0. The molecular weight excluding hydrogens is 282 g/mol. The molecule has 1 amide bonds. The van der Waals surface area contributed by atoms with Gasteiger partial charge in [0.2, 0.25) is 5.91 Å². The molecule has 0 aliphatic rings. The Bertz CT molecular complexity index is 817. The van der Waals surface area contributed by atoms with Gasteiger partial charge in [-0.05, 0) is 40.8 Å². The standard InChI is InChI=1S/C21H21NO/c1-16-7-2-3-9-19(16)15-22-21(23)14-13-18-11-6-10-17-8-4-5-12-20(17)18/h2-12H,13-15H2,1H3,(H,22,23). The Morgan fingerprint density at radius 1 is 0.870 bits per heavy atom. The van der Waals surface area contributed by atoms with Gasteiger partial charge in [-0.2, -0.15) is 0 Å². The number of benzene rings is 3. The fourth-order valence-electron chi connectivity index (χ4n) is 2.85. The molecule has 2 heteroatoms. The van der Waals surface area contributed by atoms with Crippen LogP contribution in [0.3, 0.4) is 0 Å². The first-order chi connectivity index (χ1) is 11.2. The van der Waals surface area contributed by atoms with Crippen LogP contribution in [-0.2, 0) is 17.8 Å². The molecule has 0 unspecified atom stereocenters. The second-order valence-electron chi connectivity index (χ2n) is 5.84. The first-order valence-electron chi connectivity index (χ1n) is 8.02. The second kappa shape index (κ2) is 7.10. The molecule has 0 saturated heterocycles. The molecule has 0 saturated carbocycles. The van der Waals surface area contributed by atoms with Crippen LogP contribution in [0, 0.1) is 6.92 Å². The predicted molar refractivity (Wildman–Crippen MR) is 95.3 cm³/mol.